The van der Waals surface area contributed by atoms with E-state index in [0.717, 1.165) is 56.3 Å². The summed E-state index contributed by atoms with van der Waals surface area (Å²) < 4.78 is 16.3. The maximum Gasteiger partial charge on any atom is 0.334 e. The Labute approximate surface area is 143 Å². The Morgan fingerprint density at radius 1 is 1.25 bits per heavy atom. The highest BCUT2D eigenvalue weighted by atomic mass is 16.6. The average molecular weight is 334 g/mol. The molecule has 0 amide bonds. The van der Waals surface area contributed by atoms with Gasteiger partial charge in [0.05, 0.1) is 12.9 Å². The number of ether oxygens (including phenoxy) is 2. The second-order valence-electron chi connectivity index (χ2n) is 6.47. The lowest BCUT2D eigenvalue weighted by molar-refractivity contribution is -0.155. The summed E-state index contributed by atoms with van der Waals surface area (Å²) in [5.41, 5.74) is 0.773. The van der Waals surface area contributed by atoms with Gasteiger partial charge in [-0.3, -0.25) is 4.79 Å². The predicted octanol–water partition coefficient (Wildman–Crippen LogP) is 4.05. The number of carbonyl (C=O) groups is 2. The molecule has 0 saturated heterocycles. The second-order valence-corrected chi connectivity index (χ2v) is 6.47. The molecular weight excluding hydrogens is 308 g/mol. The average Bonchev–Trinajstić information content (AvgIpc) is 3.16. The van der Waals surface area contributed by atoms with Gasteiger partial charge in [0.1, 0.15) is 11.4 Å². The molecule has 0 spiro atoms. The van der Waals surface area contributed by atoms with Crippen molar-refractivity contribution in [3.05, 3.63) is 35.8 Å². The fraction of sp³-hybridized carbons (Fsp3) is 0.579. The highest BCUT2D eigenvalue weighted by Crippen LogP contribution is 2.43. The Morgan fingerprint density at radius 2 is 1.96 bits per heavy atom. The Morgan fingerprint density at radius 3 is 2.58 bits per heavy atom. The minimum absolute atomic E-state index is 0.252. The standard InChI is InChI=1S/C19H26O5/c1-14(2)18(21)24-19(9-5-6-10-19)16-12-17(23-13-16)8-4-7-11-22-15(3)20/h12-13H,1,4-11H2,2-3H3. The molecule has 5 heteroatoms. The molecule has 0 N–H and O–H groups in total. The van der Waals surface area contributed by atoms with Gasteiger partial charge in [-0.2, -0.15) is 0 Å². The molecule has 5 nitrogen and oxygen atoms in total. The van der Waals surface area contributed by atoms with Gasteiger partial charge in [-0.15, -0.1) is 0 Å². The van der Waals surface area contributed by atoms with E-state index in [9.17, 15) is 9.59 Å². The summed E-state index contributed by atoms with van der Waals surface area (Å²) in [6.45, 7) is 7.17. The summed E-state index contributed by atoms with van der Waals surface area (Å²) in [6, 6.07) is 1.99. The van der Waals surface area contributed by atoms with E-state index in [1.54, 1.807) is 13.2 Å². The third kappa shape index (κ3) is 4.73. The van der Waals surface area contributed by atoms with Crippen LogP contribution in [0.25, 0.3) is 0 Å². The minimum atomic E-state index is -0.574. The summed E-state index contributed by atoms with van der Waals surface area (Å²) in [6.07, 6.45) is 7.85. The first kappa shape index (κ1) is 18.3. The predicted molar refractivity (Wildman–Crippen MR) is 89.3 cm³/mol. The largest absolute Gasteiger partial charge is 0.469 e. The third-order valence-corrected chi connectivity index (χ3v) is 4.35. The molecule has 1 aliphatic carbocycles. The molecule has 1 aromatic heterocycles. The van der Waals surface area contributed by atoms with E-state index in [0.29, 0.717) is 12.2 Å². The van der Waals surface area contributed by atoms with Crippen LogP contribution in [-0.4, -0.2) is 18.5 Å². The molecule has 1 heterocycles. The Bertz CT molecular complexity index is 593. The Balaban J connectivity index is 1.95. The van der Waals surface area contributed by atoms with Crippen LogP contribution in [0.1, 0.15) is 63.7 Å². The van der Waals surface area contributed by atoms with Gasteiger partial charge in [-0.1, -0.05) is 6.58 Å². The van der Waals surface area contributed by atoms with E-state index in [2.05, 4.69) is 6.58 Å². The van der Waals surface area contributed by atoms with Crippen molar-refractivity contribution in [2.24, 2.45) is 0 Å². The van der Waals surface area contributed by atoms with Gasteiger partial charge in [0.2, 0.25) is 0 Å². The normalized spacial score (nSPS) is 15.9. The van der Waals surface area contributed by atoms with Gasteiger partial charge in [-0.05, 0) is 51.5 Å². The van der Waals surface area contributed by atoms with Gasteiger partial charge in [0.15, 0.2) is 0 Å². The molecule has 2 rings (SSSR count). The molecule has 1 aliphatic rings. The first-order valence-electron chi connectivity index (χ1n) is 8.53. The molecule has 0 aliphatic heterocycles. The fourth-order valence-electron chi connectivity index (χ4n) is 3.03. The van der Waals surface area contributed by atoms with Crippen LogP contribution in [0.4, 0.5) is 0 Å². The summed E-state index contributed by atoms with van der Waals surface area (Å²) in [5, 5.41) is 0. The monoisotopic (exact) mass is 334 g/mol. The molecular formula is C19H26O5. The van der Waals surface area contributed by atoms with Crippen LogP contribution in [0.3, 0.4) is 0 Å². The third-order valence-electron chi connectivity index (χ3n) is 4.35. The summed E-state index contributed by atoms with van der Waals surface area (Å²) >= 11 is 0. The molecule has 0 atom stereocenters. The van der Waals surface area contributed by atoms with E-state index in [1.165, 1.54) is 6.92 Å². The molecule has 0 bridgehead atoms. The lowest BCUT2D eigenvalue weighted by atomic mass is 9.93. The zero-order chi connectivity index (χ0) is 17.6. The number of carbonyl (C=O) groups excluding carboxylic acids is 2. The van der Waals surface area contributed by atoms with Gasteiger partial charge in [0.25, 0.3) is 0 Å². The van der Waals surface area contributed by atoms with Crippen LogP contribution in [0.15, 0.2) is 28.9 Å². The minimum Gasteiger partial charge on any atom is -0.469 e. The number of unbranched alkanes of at least 4 members (excludes halogenated alkanes) is 1. The van der Waals surface area contributed by atoms with Crippen molar-refractivity contribution in [1.82, 2.24) is 0 Å². The maximum atomic E-state index is 12.0. The number of aryl methyl sites for hydroxylation is 1. The zero-order valence-electron chi connectivity index (χ0n) is 14.6. The highest BCUT2D eigenvalue weighted by molar-refractivity contribution is 5.87. The highest BCUT2D eigenvalue weighted by Gasteiger charge is 2.40. The first-order valence-corrected chi connectivity index (χ1v) is 8.53. The van der Waals surface area contributed by atoms with Gasteiger partial charge in [0, 0.05) is 24.5 Å². The molecule has 0 radical (unpaired) electrons. The Kier molecular flexibility index (Phi) is 6.23. The van der Waals surface area contributed by atoms with Crippen molar-refractivity contribution in [3.8, 4) is 0 Å². The lowest BCUT2D eigenvalue weighted by Crippen LogP contribution is -2.29. The van der Waals surface area contributed by atoms with E-state index < -0.39 is 5.60 Å². The van der Waals surface area contributed by atoms with Crippen molar-refractivity contribution >= 4 is 11.9 Å². The topological polar surface area (TPSA) is 65.7 Å². The number of furan rings is 1. The smallest absolute Gasteiger partial charge is 0.334 e. The van der Waals surface area contributed by atoms with Crippen LogP contribution < -0.4 is 0 Å². The van der Waals surface area contributed by atoms with Crippen LogP contribution >= 0.6 is 0 Å². The van der Waals surface area contributed by atoms with Crippen LogP contribution in [0, 0.1) is 0 Å². The van der Waals surface area contributed by atoms with Gasteiger partial charge in [-0.25, -0.2) is 4.79 Å². The summed E-state index contributed by atoms with van der Waals surface area (Å²) in [7, 11) is 0. The first-order chi connectivity index (χ1) is 11.4. The quantitative estimate of drug-likeness (QED) is 0.407. The molecule has 24 heavy (non-hydrogen) atoms. The van der Waals surface area contributed by atoms with Crippen molar-refractivity contribution < 1.29 is 23.5 Å². The molecule has 1 aromatic rings. The van der Waals surface area contributed by atoms with Crippen molar-refractivity contribution in [3.63, 3.8) is 0 Å². The second kappa shape index (κ2) is 8.18. The van der Waals surface area contributed by atoms with Crippen LogP contribution in [-0.2, 0) is 31.1 Å². The maximum absolute atomic E-state index is 12.0. The molecule has 0 unspecified atom stereocenters. The number of rotatable bonds is 8. The van der Waals surface area contributed by atoms with Crippen molar-refractivity contribution in [1.29, 1.82) is 0 Å². The van der Waals surface area contributed by atoms with Gasteiger partial charge >= 0.3 is 11.9 Å². The van der Waals surface area contributed by atoms with E-state index in [-0.39, 0.29) is 11.9 Å². The molecule has 1 fully saturated rings. The summed E-state index contributed by atoms with van der Waals surface area (Å²) in [5.74, 6) is 0.268. The summed E-state index contributed by atoms with van der Waals surface area (Å²) in [4.78, 5) is 22.7. The number of hydrogen-bond acceptors (Lipinski definition) is 5. The lowest BCUT2D eigenvalue weighted by Gasteiger charge is -2.28. The SMILES string of the molecule is C=C(C)C(=O)OC1(c2coc(CCCCOC(C)=O)c2)CCCC1. The van der Waals surface area contributed by atoms with Crippen LogP contribution in [0.2, 0.25) is 0 Å². The van der Waals surface area contributed by atoms with Crippen molar-refractivity contribution in [2.75, 3.05) is 6.61 Å². The molecule has 132 valence electrons. The van der Waals surface area contributed by atoms with E-state index >= 15 is 0 Å². The van der Waals surface area contributed by atoms with Crippen LogP contribution in [0.5, 0.6) is 0 Å². The zero-order valence-corrected chi connectivity index (χ0v) is 14.6. The molecule has 1 saturated carbocycles. The fourth-order valence-corrected chi connectivity index (χ4v) is 3.03. The van der Waals surface area contributed by atoms with Gasteiger partial charge < -0.3 is 13.9 Å². The van der Waals surface area contributed by atoms with E-state index in [1.807, 2.05) is 6.07 Å². The molecule has 0 aromatic carbocycles. The number of hydrogen-bond donors (Lipinski definition) is 0. The Hall–Kier alpha value is -2.04. The van der Waals surface area contributed by atoms with Crippen molar-refractivity contribution in [2.45, 2.75) is 64.4 Å². The van der Waals surface area contributed by atoms with E-state index in [4.69, 9.17) is 13.9 Å². The number of esters is 2.